The van der Waals surface area contributed by atoms with Crippen molar-refractivity contribution in [2.45, 2.75) is 6.54 Å². The number of nitrogens with zero attached hydrogens (tertiary/aromatic N) is 2. The summed E-state index contributed by atoms with van der Waals surface area (Å²) in [5.41, 5.74) is 6.27. The zero-order valence-electron chi connectivity index (χ0n) is 15.0. The number of hydrogen-bond donors (Lipinski definition) is 0. The van der Waals surface area contributed by atoms with E-state index in [1.165, 1.54) is 33.3 Å². The summed E-state index contributed by atoms with van der Waals surface area (Å²) in [5.74, 6) is 0. The minimum atomic E-state index is 0.868. The molecule has 5 rings (SSSR count). The van der Waals surface area contributed by atoms with E-state index in [-0.39, 0.29) is 0 Å². The average molecular weight is 348 g/mol. The van der Waals surface area contributed by atoms with Gasteiger partial charge in [0.25, 0.3) is 0 Å². The Kier molecular flexibility index (Phi) is 3.87. The summed E-state index contributed by atoms with van der Waals surface area (Å²) in [6.07, 6.45) is 6.46. The fraction of sp³-hybridized carbons (Fsp3) is 0.0400. The minimum absolute atomic E-state index is 0.868. The summed E-state index contributed by atoms with van der Waals surface area (Å²) >= 11 is 0. The fourth-order valence-electron chi connectivity index (χ4n) is 3.71. The molecule has 0 bridgehead atoms. The first-order valence-corrected chi connectivity index (χ1v) is 9.24. The van der Waals surface area contributed by atoms with Gasteiger partial charge in [0.05, 0.1) is 0 Å². The van der Waals surface area contributed by atoms with Crippen molar-refractivity contribution >= 4 is 10.9 Å². The lowest BCUT2D eigenvalue weighted by atomic mass is 10.0. The van der Waals surface area contributed by atoms with Crippen molar-refractivity contribution in [3.05, 3.63) is 115 Å². The van der Waals surface area contributed by atoms with Crippen LogP contribution in [0.5, 0.6) is 0 Å². The van der Waals surface area contributed by atoms with Gasteiger partial charge in [-0.15, -0.1) is 0 Å². The second-order valence-corrected chi connectivity index (χ2v) is 6.81. The van der Waals surface area contributed by atoms with Crippen LogP contribution in [0.2, 0.25) is 0 Å². The van der Waals surface area contributed by atoms with Gasteiger partial charge in [0.15, 0.2) is 0 Å². The molecule has 2 heteroatoms. The Bertz CT molecular complexity index is 1170. The summed E-state index contributed by atoms with van der Waals surface area (Å²) in [6, 6.07) is 32.1. The van der Waals surface area contributed by atoms with Crippen LogP contribution in [0.15, 0.2) is 110 Å². The van der Waals surface area contributed by atoms with Gasteiger partial charge in [0.2, 0.25) is 0 Å². The van der Waals surface area contributed by atoms with Crippen molar-refractivity contribution in [3.63, 3.8) is 0 Å². The molecule has 0 spiro atoms. The van der Waals surface area contributed by atoms with Crippen LogP contribution in [0.3, 0.4) is 0 Å². The highest BCUT2D eigenvalue weighted by Crippen LogP contribution is 2.32. The van der Waals surface area contributed by atoms with Crippen molar-refractivity contribution in [2.24, 2.45) is 0 Å². The lowest BCUT2D eigenvalue weighted by Gasteiger charge is -2.07. The van der Waals surface area contributed by atoms with E-state index >= 15 is 0 Å². The van der Waals surface area contributed by atoms with E-state index in [1.807, 2.05) is 0 Å². The highest BCUT2D eigenvalue weighted by molar-refractivity contribution is 5.97. The molecule has 2 heterocycles. The number of aromatic nitrogens is 2. The normalized spacial score (nSPS) is 11.1. The molecule has 0 saturated heterocycles. The predicted octanol–water partition coefficient (Wildman–Crippen LogP) is 6.15. The van der Waals surface area contributed by atoms with Gasteiger partial charge in [0.1, 0.15) is 0 Å². The summed E-state index contributed by atoms with van der Waals surface area (Å²) in [4.78, 5) is 0. The molecule has 27 heavy (non-hydrogen) atoms. The molecular weight excluding hydrogens is 328 g/mol. The fourth-order valence-corrected chi connectivity index (χ4v) is 3.71. The molecule has 0 fully saturated rings. The maximum absolute atomic E-state index is 2.35. The maximum Gasteiger partial charge on any atom is 0.0491 e. The lowest BCUT2D eigenvalue weighted by Crippen LogP contribution is -1.97. The van der Waals surface area contributed by atoms with Gasteiger partial charge >= 0.3 is 0 Å². The van der Waals surface area contributed by atoms with Crippen LogP contribution in [-0.2, 0) is 6.54 Å². The van der Waals surface area contributed by atoms with Crippen molar-refractivity contribution in [1.82, 2.24) is 9.13 Å². The Morgan fingerprint density at radius 2 is 1.37 bits per heavy atom. The van der Waals surface area contributed by atoms with Crippen molar-refractivity contribution in [3.8, 4) is 16.8 Å². The minimum Gasteiger partial charge on any atom is -0.342 e. The highest BCUT2D eigenvalue weighted by atomic mass is 15.0. The molecule has 0 aliphatic heterocycles. The standard InChI is InChI=1S/C25H20N2/c1-3-9-20(10-4-1)18-27-19-24(21-11-5-2-6-12-21)23-17-22(13-14-25(23)27)26-15-7-8-16-26/h1-17,19H,18H2. The van der Waals surface area contributed by atoms with E-state index in [1.54, 1.807) is 0 Å². The zero-order valence-corrected chi connectivity index (χ0v) is 15.0. The number of benzene rings is 3. The van der Waals surface area contributed by atoms with E-state index in [9.17, 15) is 0 Å². The second kappa shape index (κ2) is 6.65. The first-order valence-electron chi connectivity index (χ1n) is 9.24. The van der Waals surface area contributed by atoms with E-state index in [4.69, 9.17) is 0 Å². The molecule has 0 N–H and O–H groups in total. The maximum atomic E-state index is 2.35. The van der Waals surface area contributed by atoms with Crippen LogP contribution in [0.4, 0.5) is 0 Å². The summed E-state index contributed by atoms with van der Waals surface area (Å²) < 4.78 is 4.51. The van der Waals surface area contributed by atoms with E-state index in [0.29, 0.717) is 0 Å². The van der Waals surface area contributed by atoms with Gasteiger partial charge in [0, 0.05) is 47.3 Å². The third-order valence-corrected chi connectivity index (χ3v) is 5.05. The van der Waals surface area contributed by atoms with Crippen LogP contribution in [0.25, 0.3) is 27.7 Å². The monoisotopic (exact) mass is 348 g/mol. The summed E-state index contributed by atoms with van der Waals surface area (Å²) in [5, 5.41) is 1.28. The van der Waals surface area contributed by atoms with Gasteiger partial charge in [-0.3, -0.25) is 0 Å². The molecule has 0 aliphatic carbocycles. The number of rotatable bonds is 4. The SMILES string of the molecule is c1ccc(Cn2cc(-c3ccccc3)c3cc(-n4cccc4)ccc32)cc1. The van der Waals surface area contributed by atoms with Gasteiger partial charge in [-0.1, -0.05) is 60.7 Å². The molecule has 0 saturated carbocycles. The Morgan fingerprint density at radius 1 is 0.667 bits per heavy atom. The number of hydrogen-bond acceptors (Lipinski definition) is 0. The quantitative estimate of drug-likeness (QED) is 0.369. The topological polar surface area (TPSA) is 9.86 Å². The Hall–Kier alpha value is -3.52. The smallest absolute Gasteiger partial charge is 0.0491 e. The molecule has 2 nitrogen and oxygen atoms in total. The van der Waals surface area contributed by atoms with Gasteiger partial charge in [-0.2, -0.15) is 0 Å². The molecule has 5 aromatic rings. The van der Waals surface area contributed by atoms with Gasteiger partial charge < -0.3 is 9.13 Å². The zero-order chi connectivity index (χ0) is 18.1. The number of fused-ring (bicyclic) bond motifs is 1. The highest BCUT2D eigenvalue weighted by Gasteiger charge is 2.12. The van der Waals surface area contributed by atoms with Crippen molar-refractivity contribution in [1.29, 1.82) is 0 Å². The van der Waals surface area contributed by atoms with E-state index in [0.717, 1.165) is 6.54 Å². The lowest BCUT2D eigenvalue weighted by molar-refractivity contribution is 0.837. The Balaban J connectivity index is 1.69. The molecule has 3 aromatic carbocycles. The molecule has 2 aromatic heterocycles. The molecule has 0 atom stereocenters. The largest absolute Gasteiger partial charge is 0.342 e. The third kappa shape index (κ3) is 2.96. The average Bonchev–Trinajstić information content (AvgIpc) is 3.38. The van der Waals surface area contributed by atoms with Crippen LogP contribution in [-0.4, -0.2) is 9.13 Å². The molecule has 0 aliphatic rings. The first-order chi connectivity index (χ1) is 13.4. The Morgan fingerprint density at radius 3 is 2.11 bits per heavy atom. The van der Waals surface area contributed by atoms with Crippen LogP contribution in [0, 0.1) is 0 Å². The third-order valence-electron chi connectivity index (χ3n) is 5.05. The van der Waals surface area contributed by atoms with Crippen LogP contribution in [0.1, 0.15) is 5.56 Å². The molecule has 0 radical (unpaired) electrons. The van der Waals surface area contributed by atoms with E-state index < -0.39 is 0 Å². The molecular formula is C25H20N2. The van der Waals surface area contributed by atoms with Crippen molar-refractivity contribution < 1.29 is 0 Å². The summed E-state index contributed by atoms with van der Waals surface area (Å²) in [6.45, 7) is 0.868. The first kappa shape index (κ1) is 15.7. The van der Waals surface area contributed by atoms with Crippen LogP contribution < -0.4 is 0 Å². The summed E-state index contributed by atoms with van der Waals surface area (Å²) in [7, 11) is 0. The molecule has 0 unspecified atom stereocenters. The van der Waals surface area contributed by atoms with Crippen molar-refractivity contribution in [2.75, 3.05) is 0 Å². The van der Waals surface area contributed by atoms with Gasteiger partial charge in [-0.25, -0.2) is 0 Å². The van der Waals surface area contributed by atoms with Gasteiger partial charge in [-0.05, 0) is 41.5 Å². The Labute approximate surface area is 158 Å². The molecule has 0 amide bonds. The second-order valence-electron chi connectivity index (χ2n) is 6.81. The predicted molar refractivity (Wildman–Crippen MR) is 112 cm³/mol. The van der Waals surface area contributed by atoms with Crippen LogP contribution >= 0.6 is 0 Å². The van der Waals surface area contributed by atoms with E-state index in [2.05, 4.69) is 119 Å². The molecule has 130 valence electrons.